The number of fused-ring (bicyclic) bond motifs is 2. The fourth-order valence-corrected chi connectivity index (χ4v) is 4.54. The normalized spacial score (nSPS) is 17.8. The highest BCUT2D eigenvalue weighted by molar-refractivity contribution is 6.07. The van der Waals surface area contributed by atoms with Crippen LogP contribution in [0.4, 0.5) is 24.5 Å². The van der Waals surface area contributed by atoms with Gasteiger partial charge in [-0.3, -0.25) is 9.59 Å². The third kappa shape index (κ3) is 4.72. The average Bonchev–Trinajstić information content (AvgIpc) is 2.83. The van der Waals surface area contributed by atoms with E-state index in [9.17, 15) is 22.8 Å². The molecule has 0 bridgehead atoms. The topological polar surface area (TPSA) is 67.9 Å². The Morgan fingerprint density at radius 3 is 2.57 bits per heavy atom. The molecule has 0 aromatic heterocycles. The van der Waals surface area contributed by atoms with E-state index in [0.717, 1.165) is 12.1 Å². The number of nitrogens with zero attached hydrogens (tertiary/aromatic N) is 1. The van der Waals surface area contributed by atoms with E-state index in [1.807, 2.05) is 20.8 Å². The maximum absolute atomic E-state index is 13.3. The lowest BCUT2D eigenvalue weighted by molar-refractivity contribution is -0.137. The lowest BCUT2D eigenvalue weighted by atomic mass is 9.83. The van der Waals surface area contributed by atoms with Crippen molar-refractivity contribution in [3.63, 3.8) is 0 Å². The predicted molar refractivity (Wildman–Crippen MR) is 127 cm³/mol. The molecule has 2 heterocycles. The highest BCUT2D eigenvalue weighted by atomic mass is 19.4. The largest absolute Gasteiger partial charge is 0.486 e. The number of alkyl halides is 3. The molecule has 4 rings (SSSR count). The summed E-state index contributed by atoms with van der Waals surface area (Å²) in [7, 11) is 0. The van der Waals surface area contributed by atoms with Gasteiger partial charge in [-0.15, -0.1) is 0 Å². The Bertz CT molecular complexity index is 1190. The Kier molecular flexibility index (Phi) is 6.53. The number of halogens is 3. The first-order valence-electron chi connectivity index (χ1n) is 11.6. The molecule has 0 radical (unpaired) electrons. The van der Waals surface area contributed by atoms with Gasteiger partial charge in [-0.25, -0.2) is 0 Å². The fourth-order valence-electron chi connectivity index (χ4n) is 4.54. The summed E-state index contributed by atoms with van der Waals surface area (Å²) in [5, 5.41) is 2.81. The number of hydrogen-bond donors (Lipinski definition) is 1. The van der Waals surface area contributed by atoms with Gasteiger partial charge in [0.05, 0.1) is 16.9 Å². The van der Waals surface area contributed by atoms with Crippen molar-refractivity contribution in [3.05, 3.63) is 53.6 Å². The second-order valence-corrected chi connectivity index (χ2v) is 8.62. The Morgan fingerprint density at radius 2 is 1.91 bits per heavy atom. The van der Waals surface area contributed by atoms with Crippen molar-refractivity contribution in [2.75, 3.05) is 23.4 Å². The van der Waals surface area contributed by atoms with Gasteiger partial charge >= 0.3 is 6.18 Å². The van der Waals surface area contributed by atoms with Crippen molar-refractivity contribution in [2.24, 2.45) is 0 Å². The number of amides is 2. The minimum Gasteiger partial charge on any atom is -0.486 e. The van der Waals surface area contributed by atoms with Crippen molar-refractivity contribution in [1.29, 1.82) is 0 Å². The maximum Gasteiger partial charge on any atom is 0.416 e. The molecule has 0 unspecified atom stereocenters. The number of anilines is 2. The van der Waals surface area contributed by atoms with Gasteiger partial charge in [0.25, 0.3) is 5.91 Å². The van der Waals surface area contributed by atoms with Crippen molar-refractivity contribution in [3.8, 4) is 11.5 Å². The van der Waals surface area contributed by atoms with Crippen LogP contribution >= 0.6 is 0 Å². The Hall–Kier alpha value is -3.49. The van der Waals surface area contributed by atoms with Gasteiger partial charge in [-0.2, -0.15) is 13.2 Å². The number of hydrogen-bond acceptors (Lipinski definition) is 4. The summed E-state index contributed by atoms with van der Waals surface area (Å²) in [5.74, 6) is -0.102. The van der Waals surface area contributed by atoms with E-state index in [1.54, 1.807) is 23.1 Å². The van der Waals surface area contributed by atoms with Gasteiger partial charge in [0.15, 0.2) is 12.4 Å². The summed E-state index contributed by atoms with van der Waals surface area (Å²) in [6, 6.07) is 8.48. The molecule has 2 aromatic carbocycles. The van der Waals surface area contributed by atoms with Crippen molar-refractivity contribution >= 4 is 28.8 Å². The van der Waals surface area contributed by atoms with Gasteiger partial charge in [0.1, 0.15) is 11.4 Å². The molecule has 2 aliphatic rings. The molecule has 0 saturated heterocycles. The highest BCUT2D eigenvalue weighted by Gasteiger charge is 2.38. The summed E-state index contributed by atoms with van der Waals surface area (Å²) in [6.45, 7) is 6.01. The molecular formula is C26H27F3N2O4. The van der Waals surface area contributed by atoms with Crippen LogP contribution in [0.1, 0.15) is 51.2 Å². The van der Waals surface area contributed by atoms with E-state index in [-0.39, 0.29) is 18.3 Å². The number of likely N-dealkylation sites (N-methyl/N-ethyl adjacent to an activating group) is 1. The summed E-state index contributed by atoms with van der Waals surface area (Å²) in [6.07, 6.45) is -1.58. The summed E-state index contributed by atoms with van der Waals surface area (Å²) < 4.78 is 51.6. The molecule has 186 valence electrons. The molecule has 0 atom stereocenters. The van der Waals surface area contributed by atoms with Crippen LogP contribution in [0.15, 0.2) is 42.5 Å². The lowest BCUT2D eigenvalue weighted by Crippen LogP contribution is -2.38. The van der Waals surface area contributed by atoms with E-state index >= 15 is 0 Å². The van der Waals surface area contributed by atoms with Crippen LogP contribution in [-0.2, 0) is 15.8 Å². The molecule has 0 aliphatic carbocycles. The van der Waals surface area contributed by atoms with Crippen LogP contribution in [0, 0.1) is 0 Å². The van der Waals surface area contributed by atoms with Crippen molar-refractivity contribution in [2.45, 2.75) is 51.8 Å². The summed E-state index contributed by atoms with van der Waals surface area (Å²) >= 11 is 0. The second kappa shape index (κ2) is 9.28. The first-order chi connectivity index (χ1) is 16.6. The van der Waals surface area contributed by atoms with Crippen LogP contribution in [0.25, 0.3) is 5.57 Å². The third-order valence-corrected chi connectivity index (χ3v) is 6.59. The summed E-state index contributed by atoms with van der Waals surface area (Å²) in [5.41, 5.74) is 0.525. The monoisotopic (exact) mass is 488 g/mol. The number of ether oxygens (including phenoxy) is 2. The van der Waals surface area contributed by atoms with Crippen LogP contribution in [0.3, 0.4) is 0 Å². The van der Waals surface area contributed by atoms with Gasteiger partial charge in [0.2, 0.25) is 5.91 Å². The molecule has 2 amide bonds. The zero-order chi connectivity index (χ0) is 25.4. The van der Waals surface area contributed by atoms with Gasteiger partial charge in [0, 0.05) is 24.6 Å². The highest BCUT2D eigenvalue weighted by Crippen LogP contribution is 2.46. The van der Waals surface area contributed by atoms with Crippen LogP contribution in [0.5, 0.6) is 11.5 Å². The zero-order valence-electron chi connectivity index (χ0n) is 19.8. The van der Waals surface area contributed by atoms with Crippen molar-refractivity contribution < 1.29 is 32.2 Å². The fraction of sp³-hybridized carbons (Fsp3) is 0.385. The minimum absolute atomic E-state index is 0.117. The molecule has 2 aromatic rings. The second-order valence-electron chi connectivity index (χ2n) is 8.62. The number of benzene rings is 2. The average molecular weight is 489 g/mol. The smallest absolute Gasteiger partial charge is 0.416 e. The maximum atomic E-state index is 13.3. The van der Waals surface area contributed by atoms with Crippen LogP contribution in [0.2, 0.25) is 0 Å². The predicted octanol–water partition coefficient (Wildman–Crippen LogP) is 5.81. The Labute approximate surface area is 201 Å². The number of carbonyl (C=O) groups excluding carboxylic acids is 2. The molecule has 9 heteroatoms. The minimum atomic E-state index is -4.50. The molecule has 6 nitrogen and oxygen atoms in total. The number of carbonyl (C=O) groups is 2. The Balaban J connectivity index is 1.69. The first kappa shape index (κ1) is 24.6. The standard InChI is InChI=1S/C26H27F3N2O4/c1-4-25(5-2)14-16(18-11-10-17(26(27,28)29)13-21(18)35-25)12-22(32)30-19-8-7-9-20-24(19)34-15-23(33)31(20)6-3/h7-13H,4-6,14-15H2,1-3H3,(H,30,32)/b16-12+. The van der Waals surface area contributed by atoms with Gasteiger partial charge in [-0.1, -0.05) is 26.0 Å². The number of para-hydroxylation sites is 1. The molecule has 0 spiro atoms. The molecule has 35 heavy (non-hydrogen) atoms. The first-order valence-corrected chi connectivity index (χ1v) is 11.6. The van der Waals surface area contributed by atoms with Crippen LogP contribution in [-0.4, -0.2) is 30.6 Å². The SMILES string of the molecule is CCN1C(=O)COc2c(NC(=O)/C=C3\CC(CC)(CC)Oc4cc(C(F)(F)F)ccc43)cccc21. The van der Waals surface area contributed by atoms with E-state index in [1.165, 1.54) is 12.1 Å². The van der Waals surface area contributed by atoms with E-state index in [2.05, 4.69) is 5.32 Å². The van der Waals surface area contributed by atoms with Crippen LogP contribution < -0.4 is 19.7 Å². The van der Waals surface area contributed by atoms with E-state index < -0.39 is 23.2 Å². The zero-order valence-corrected chi connectivity index (χ0v) is 19.8. The molecule has 1 N–H and O–H groups in total. The molecular weight excluding hydrogens is 461 g/mol. The quantitative estimate of drug-likeness (QED) is 0.539. The van der Waals surface area contributed by atoms with Crippen molar-refractivity contribution in [1.82, 2.24) is 0 Å². The summed E-state index contributed by atoms with van der Waals surface area (Å²) in [4.78, 5) is 26.8. The lowest BCUT2D eigenvalue weighted by Gasteiger charge is -2.39. The molecule has 0 fully saturated rings. The van der Waals surface area contributed by atoms with Gasteiger partial charge in [-0.05, 0) is 49.6 Å². The van der Waals surface area contributed by atoms with E-state index in [0.29, 0.717) is 54.1 Å². The van der Waals surface area contributed by atoms with E-state index in [4.69, 9.17) is 9.47 Å². The number of rotatable bonds is 5. The number of nitrogens with one attached hydrogen (secondary N) is 1. The van der Waals surface area contributed by atoms with Gasteiger partial charge < -0.3 is 19.7 Å². The Morgan fingerprint density at radius 1 is 1.17 bits per heavy atom. The third-order valence-electron chi connectivity index (χ3n) is 6.59. The molecule has 2 aliphatic heterocycles. The molecule has 0 saturated carbocycles.